The average Bonchev–Trinajstić information content (AvgIpc) is 3.59. The quantitative estimate of drug-likeness (QED) is 0.166. The van der Waals surface area contributed by atoms with Gasteiger partial charge >= 0.3 is 0 Å². The molecule has 0 unspecified atom stereocenters. The molecule has 4 aliphatic carbocycles. The van der Waals surface area contributed by atoms with Crippen molar-refractivity contribution >= 4 is 68.0 Å². The lowest BCUT2D eigenvalue weighted by molar-refractivity contribution is -0.00514. The first-order valence-electron chi connectivity index (χ1n) is 22.3. The zero-order chi connectivity index (χ0) is 40.9. The van der Waals surface area contributed by atoms with Crippen molar-refractivity contribution in [2.75, 3.05) is 9.80 Å². The molecule has 4 fully saturated rings. The molecule has 58 heavy (non-hydrogen) atoms. The molecule has 4 saturated carbocycles. The zero-order valence-electron chi connectivity index (χ0n) is 37.3. The fourth-order valence-electron chi connectivity index (χ4n) is 11.9. The van der Waals surface area contributed by atoms with Gasteiger partial charge in [0, 0.05) is 33.9 Å². The standard InChI is InChI=1S/C53H64BN3S/c1-49(2,3)35-13-18-39(19-14-35)56-42-22-17-37(51(7,8)9)26-41(42)54-45-43(56)27-38(53-29-32-23-33(30-53)25-34(24-32)31-53)28-44(45)57(40-20-15-36(16-21-40)50(4,5)6)47-46(54)55-48(58-47)52(10,11)12/h13-22,26-28,32-34H,23-25,29-31H2,1-12H3. The summed E-state index contributed by atoms with van der Waals surface area (Å²) in [6, 6.07) is 31.8. The Morgan fingerprint density at radius 3 is 1.50 bits per heavy atom. The third-order valence-corrected chi connectivity index (χ3v) is 16.2. The van der Waals surface area contributed by atoms with E-state index in [0.29, 0.717) is 0 Å². The van der Waals surface area contributed by atoms with Crippen LogP contribution in [0.2, 0.25) is 0 Å². The van der Waals surface area contributed by atoms with Gasteiger partial charge in [-0.05, 0) is 154 Å². The molecule has 300 valence electrons. The van der Waals surface area contributed by atoms with Crippen molar-refractivity contribution < 1.29 is 0 Å². The molecule has 4 aromatic carbocycles. The first-order valence-corrected chi connectivity index (χ1v) is 23.1. The third-order valence-electron chi connectivity index (χ3n) is 14.7. The first kappa shape index (κ1) is 38.4. The van der Waals surface area contributed by atoms with Gasteiger partial charge in [0.2, 0.25) is 0 Å². The second-order valence-corrected chi connectivity index (χ2v) is 24.3. The van der Waals surface area contributed by atoms with E-state index in [1.54, 1.807) is 5.56 Å². The van der Waals surface area contributed by atoms with Gasteiger partial charge in [0.1, 0.15) is 5.00 Å². The lowest BCUT2D eigenvalue weighted by Crippen LogP contribution is -2.62. The Morgan fingerprint density at radius 2 is 1.02 bits per heavy atom. The Hall–Kier alpha value is -3.83. The van der Waals surface area contributed by atoms with E-state index >= 15 is 0 Å². The summed E-state index contributed by atoms with van der Waals surface area (Å²) in [6.07, 6.45) is 8.36. The number of anilines is 6. The number of nitrogens with zero attached hydrogens (tertiary/aromatic N) is 3. The lowest BCUT2D eigenvalue weighted by atomic mass is 9.35. The maximum Gasteiger partial charge on any atom is 0.276 e. The van der Waals surface area contributed by atoms with Gasteiger partial charge in [0.15, 0.2) is 0 Å². The van der Waals surface area contributed by atoms with Gasteiger partial charge in [0.25, 0.3) is 6.71 Å². The van der Waals surface area contributed by atoms with E-state index in [-0.39, 0.29) is 33.8 Å². The summed E-state index contributed by atoms with van der Waals surface area (Å²) in [5, 5.41) is 2.49. The number of hydrogen-bond donors (Lipinski definition) is 0. The molecule has 3 nitrogen and oxygen atoms in total. The smallest absolute Gasteiger partial charge is 0.276 e. The van der Waals surface area contributed by atoms with Crippen molar-refractivity contribution in [3.63, 3.8) is 0 Å². The molecule has 5 heteroatoms. The van der Waals surface area contributed by atoms with Crippen LogP contribution in [0.1, 0.15) is 149 Å². The highest BCUT2D eigenvalue weighted by Gasteiger charge is 2.53. The molecule has 0 radical (unpaired) electrons. The monoisotopic (exact) mass is 785 g/mol. The summed E-state index contributed by atoms with van der Waals surface area (Å²) < 4.78 is 0. The number of benzene rings is 4. The Bertz CT molecular complexity index is 2390. The SMILES string of the molecule is CC(C)(C)c1ccc(N2c3ccc(C(C)(C)C)cc3B3c4nc(C(C)(C)C)sc4N(c4ccc(C(C)(C)C)cc4)c4cc(C56CC7CC(CC(C7)C5)C6)cc2c43)cc1. The van der Waals surface area contributed by atoms with Crippen molar-refractivity contribution in [2.24, 2.45) is 17.8 Å². The van der Waals surface area contributed by atoms with Crippen molar-refractivity contribution in [1.29, 1.82) is 0 Å². The van der Waals surface area contributed by atoms with Gasteiger partial charge in [-0.25, -0.2) is 0 Å². The summed E-state index contributed by atoms with van der Waals surface area (Å²) in [5.74, 6) is 2.60. The average molecular weight is 786 g/mol. The predicted molar refractivity (Wildman–Crippen MR) is 251 cm³/mol. The highest BCUT2D eigenvalue weighted by atomic mass is 32.1. The summed E-state index contributed by atoms with van der Waals surface area (Å²) in [6.45, 7) is 28.0. The minimum Gasteiger partial charge on any atom is -0.311 e. The van der Waals surface area contributed by atoms with E-state index in [2.05, 4.69) is 172 Å². The summed E-state index contributed by atoms with van der Waals surface area (Å²) in [7, 11) is 0. The van der Waals surface area contributed by atoms with Crippen molar-refractivity contribution in [3.05, 3.63) is 106 Å². The molecule has 0 saturated heterocycles. The number of hydrogen-bond acceptors (Lipinski definition) is 4. The highest BCUT2D eigenvalue weighted by Crippen LogP contribution is 2.62. The van der Waals surface area contributed by atoms with Gasteiger partial charge in [-0.2, -0.15) is 0 Å². The van der Waals surface area contributed by atoms with Gasteiger partial charge in [-0.1, -0.05) is 119 Å². The summed E-state index contributed by atoms with van der Waals surface area (Å²) >= 11 is 1.92. The molecular formula is C53H64BN3S. The second kappa shape index (κ2) is 12.6. The maximum absolute atomic E-state index is 5.74. The van der Waals surface area contributed by atoms with E-state index in [9.17, 15) is 0 Å². The van der Waals surface area contributed by atoms with Crippen LogP contribution >= 0.6 is 11.3 Å². The number of fused-ring (bicyclic) bond motifs is 4. The van der Waals surface area contributed by atoms with E-state index in [0.717, 1.165) is 17.8 Å². The van der Waals surface area contributed by atoms with E-state index in [1.807, 2.05) is 11.3 Å². The Balaban J connectivity index is 1.30. The number of thiazole rings is 1. The van der Waals surface area contributed by atoms with Gasteiger partial charge in [-0.3, -0.25) is 4.98 Å². The van der Waals surface area contributed by atoms with Crippen LogP contribution in [0.4, 0.5) is 33.4 Å². The van der Waals surface area contributed by atoms with Crippen LogP contribution in [0.3, 0.4) is 0 Å². The Labute approximate surface area is 353 Å². The fraction of sp³-hybridized carbons (Fsp3) is 0.491. The largest absolute Gasteiger partial charge is 0.311 e. The zero-order valence-corrected chi connectivity index (χ0v) is 38.1. The van der Waals surface area contributed by atoms with Crippen molar-refractivity contribution in [3.8, 4) is 0 Å². The molecule has 5 aromatic rings. The molecule has 3 heterocycles. The number of rotatable bonds is 3. The van der Waals surface area contributed by atoms with E-state index in [1.165, 1.54) is 110 Å². The fourth-order valence-corrected chi connectivity index (χ4v) is 13.1. The van der Waals surface area contributed by atoms with Crippen molar-refractivity contribution in [1.82, 2.24) is 4.98 Å². The van der Waals surface area contributed by atoms with E-state index in [4.69, 9.17) is 4.98 Å². The maximum atomic E-state index is 5.74. The van der Waals surface area contributed by atoms with Crippen LogP contribution in [0.25, 0.3) is 0 Å². The Morgan fingerprint density at radius 1 is 0.552 bits per heavy atom. The molecule has 0 amide bonds. The topological polar surface area (TPSA) is 19.4 Å². The minimum absolute atomic E-state index is 0.0106. The molecule has 2 aliphatic heterocycles. The molecule has 4 bridgehead atoms. The van der Waals surface area contributed by atoms with Gasteiger partial charge in [-0.15, -0.1) is 11.3 Å². The number of aromatic nitrogens is 1. The van der Waals surface area contributed by atoms with Crippen LogP contribution in [-0.4, -0.2) is 11.7 Å². The summed E-state index contributed by atoms with van der Waals surface area (Å²) in [4.78, 5) is 11.0. The van der Waals surface area contributed by atoms with Crippen molar-refractivity contribution in [2.45, 2.75) is 149 Å². The van der Waals surface area contributed by atoms with E-state index < -0.39 is 0 Å². The molecule has 11 rings (SSSR count). The third kappa shape index (κ3) is 6.06. The molecule has 6 aliphatic rings. The van der Waals surface area contributed by atoms with Crippen LogP contribution in [0.5, 0.6) is 0 Å². The van der Waals surface area contributed by atoms with Crippen LogP contribution < -0.4 is 26.3 Å². The van der Waals surface area contributed by atoms with Crippen LogP contribution in [-0.2, 0) is 27.1 Å². The normalized spacial score (nSPS) is 23.6. The molecule has 0 spiro atoms. The predicted octanol–water partition coefficient (Wildman–Crippen LogP) is 12.9. The Kier molecular flexibility index (Phi) is 8.34. The minimum atomic E-state index is -0.0747. The molecule has 0 atom stereocenters. The molecule has 0 N–H and O–H groups in total. The highest BCUT2D eigenvalue weighted by molar-refractivity contribution is 7.19. The first-order chi connectivity index (χ1) is 27.2. The molecule has 1 aromatic heterocycles. The van der Waals surface area contributed by atoms with Crippen LogP contribution in [0, 0.1) is 17.8 Å². The van der Waals surface area contributed by atoms with Crippen LogP contribution in [0.15, 0.2) is 78.9 Å². The lowest BCUT2D eigenvalue weighted by Gasteiger charge is -2.57. The van der Waals surface area contributed by atoms with Gasteiger partial charge < -0.3 is 9.80 Å². The second-order valence-electron chi connectivity index (χ2n) is 23.3. The van der Waals surface area contributed by atoms with Gasteiger partial charge in [0.05, 0.1) is 10.6 Å². The summed E-state index contributed by atoms with van der Waals surface area (Å²) in [5.41, 5.74) is 16.5. The molecular weight excluding hydrogens is 721 g/mol.